The maximum atomic E-state index is 13.3. The molecule has 152 valence electrons. The summed E-state index contributed by atoms with van der Waals surface area (Å²) in [5, 5.41) is 2.29. The Bertz CT molecular complexity index is 1290. The van der Waals surface area contributed by atoms with Gasteiger partial charge in [-0.25, -0.2) is 0 Å². The number of hydrogen-bond acceptors (Lipinski definition) is 1. The highest BCUT2D eigenvalue weighted by molar-refractivity contribution is 5.93. The lowest BCUT2D eigenvalue weighted by molar-refractivity contribution is -0.127. The van der Waals surface area contributed by atoms with Crippen molar-refractivity contribution >= 4 is 33.8 Å². The molecule has 0 bridgehead atoms. The van der Waals surface area contributed by atoms with Gasteiger partial charge in [0, 0.05) is 53.4 Å². The highest BCUT2D eigenvalue weighted by Gasteiger charge is 2.16. The molecule has 4 nitrogen and oxygen atoms in total. The summed E-state index contributed by atoms with van der Waals surface area (Å²) >= 11 is 0. The number of amides is 1. The third-order valence-electron chi connectivity index (χ3n) is 5.62. The number of aromatic nitrogens is 2. The van der Waals surface area contributed by atoms with E-state index in [2.05, 4.69) is 46.4 Å². The van der Waals surface area contributed by atoms with Crippen molar-refractivity contribution in [2.75, 3.05) is 0 Å². The van der Waals surface area contributed by atoms with Gasteiger partial charge in [0.2, 0.25) is 5.91 Å². The van der Waals surface area contributed by atoms with E-state index in [4.69, 9.17) is 0 Å². The fraction of sp³-hybridized carbons (Fsp3) is 0.0741. The molecule has 5 aromatic rings. The fourth-order valence-corrected chi connectivity index (χ4v) is 4.04. The van der Waals surface area contributed by atoms with Crippen molar-refractivity contribution in [1.82, 2.24) is 14.9 Å². The quantitative estimate of drug-likeness (QED) is 0.340. The summed E-state index contributed by atoms with van der Waals surface area (Å²) in [6.45, 7) is 1.07. The number of rotatable bonds is 6. The molecule has 0 radical (unpaired) electrons. The molecule has 0 unspecified atom stereocenters. The topological polar surface area (TPSA) is 51.9 Å². The average molecular weight is 406 g/mol. The van der Waals surface area contributed by atoms with Crippen LogP contribution in [0, 0.1) is 0 Å². The summed E-state index contributed by atoms with van der Waals surface area (Å²) in [4.78, 5) is 21.7. The van der Waals surface area contributed by atoms with Gasteiger partial charge in [-0.15, -0.1) is 0 Å². The van der Waals surface area contributed by atoms with E-state index in [9.17, 15) is 4.79 Å². The van der Waals surface area contributed by atoms with Crippen LogP contribution in [0.1, 0.15) is 16.7 Å². The van der Waals surface area contributed by atoms with Crippen molar-refractivity contribution in [2.24, 2.45) is 0 Å². The van der Waals surface area contributed by atoms with E-state index in [1.807, 2.05) is 65.8 Å². The molecule has 1 amide bonds. The van der Waals surface area contributed by atoms with Crippen LogP contribution in [0.5, 0.6) is 0 Å². The second-order valence-corrected chi connectivity index (χ2v) is 7.65. The first-order chi connectivity index (χ1) is 15.3. The van der Waals surface area contributed by atoms with Crippen molar-refractivity contribution in [3.8, 4) is 0 Å². The van der Waals surface area contributed by atoms with Crippen LogP contribution in [0.25, 0.3) is 27.9 Å². The van der Waals surface area contributed by atoms with E-state index >= 15 is 0 Å². The van der Waals surface area contributed by atoms with Crippen LogP contribution in [0.4, 0.5) is 0 Å². The molecule has 0 aliphatic rings. The van der Waals surface area contributed by atoms with Gasteiger partial charge in [0.1, 0.15) is 0 Å². The van der Waals surface area contributed by atoms with Gasteiger partial charge in [0.15, 0.2) is 0 Å². The van der Waals surface area contributed by atoms with Gasteiger partial charge in [0.25, 0.3) is 0 Å². The summed E-state index contributed by atoms with van der Waals surface area (Å²) in [6, 6.07) is 26.4. The molecular formula is C27H23N3O. The minimum absolute atomic E-state index is 0.0102. The lowest BCUT2D eigenvalue weighted by atomic mass is 10.1. The summed E-state index contributed by atoms with van der Waals surface area (Å²) in [7, 11) is 0. The Kier molecular flexibility index (Phi) is 5.11. The molecule has 0 saturated heterocycles. The molecule has 0 fully saturated rings. The summed E-state index contributed by atoms with van der Waals surface area (Å²) < 4.78 is 0. The Morgan fingerprint density at radius 1 is 0.710 bits per heavy atom. The first-order valence-electron chi connectivity index (χ1n) is 10.4. The van der Waals surface area contributed by atoms with Crippen molar-refractivity contribution in [2.45, 2.75) is 13.1 Å². The number of nitrogens with one attached hydrogen (secondary N) is 2. The van der Waals surface area contributed by atoms with Crippen molar-refractivity contribution in [3.05, 3.63) is 114 Å². The van der Waals surface area contributed by atoms with Gasteiger partial charge >= 0.3 is 0 Å². The third kappa shape index (κ3) is 4.01. The van der Waals surface area contributed by atoms with E-state index in [1.54, 1.807) is 6.08 Å². The van der Waals surface area contributed by atoms with Crippen LogP contribution < -0.4 is 0 Å². The van der Waals surface area contributed by atoms with Gasteiger partial charge in [-0.1, -0.05) is 54.6 Å². The zero-order valence-corrected chi connectivity index (χ0v) is 17.1. The van der Waals surface area contributed by atoms with Crippen molar-refractivity contribution in [3.63, 3.8) is 0 Å². The van der Waals surface area contributed by atoms with E-state index in [0.717, 1.165) is 38.5 Å². The largest absolute Gasteiger partial charge is 0.361 e. The van der Waals surface area contributed by atoms with Gasteiger partial charge in [-0.05, 0) is 47.0 Å². The zero-order chi connectivity index (χ0) is 21.0. The molecule has 4 heteroatoms. The molecule has 0 spiro atoms. The number of hydrogen-bond donors (Lipinski definition) is 2. The number of benzene rings is 3. The van der Waals surface area contributed by atoms with E-state index < -0.39 is 0 Å². The first kappa shape index (κ1) is 18.9. The van der Waals surface area contributed by atoms with Crippen LogP contribution in [-0.4, -0.2) is 20.8 Å². The van der Waals surface area contributed by atoms with Gasteiger partial charge in [-0.2, -0.15) is 0 Å². The molecule has 3 aromatic carbocycles. The Morgan fingerprint density at radius 2 is 1.29 bits per heavy atom. The Morgan fingerprint density at radius 3 is 1.87 bits per heavy atom. The van der Waals surface area contributed by atoms with Gasteiger partial charge in [0.05, 0.1) is 0 Å². The van der Waals surface area contributed by atoms with Gasteiger partial charge < -0.3 is 14.9 Å². The molecule has 2 N–H and O–H groups in total. The molecule has 2 heterocycles. The zero-order valence-electron chi connectivity index (χ0n) is 17.1. The van der Waals surface area contributed by atoms with Crippen LogP contribution in [0.15, 0.2) is 97.3 Å². The van der Waals surface area contributed by atoms with Crippen LogP contribution in [0.3, 0.4) is 0 Å². The second kappa shape index (κ2) is 8.36. The monoisotopic (exact) mass is 405 g/mol. The first-order valence-corrected chi connectivity index (χ1v) is 10.4. The lowest BCUT2D eigenvalue weighted by Gasteiger charge is -2.22. The Hall–Kier alpha value is -4.05. The molecule has 0 aliphatic heterocycles. The molecule has 2 aromatic heterocycles. The normalized spacial score (nSPS) is 11.5. The molecule has 0 atom stereocenters. The van der Waals surface area contributed by atoms with E-state index in [-0.39, 0.29) is 5.91 Å². The summed E-state index contributed by atoms with van der Waals surface area (Å²) in [5.41, 5.74) is 5.43. The third-order valence-corrected chi connectivity index (χ3v) is 5.62. The molecular weight excluding hydrogens is 382 g/mol. The van der Waals surface area contributed by atoms with Crippen molar-refractivity contribution in [1.29, 1.82) is 0 Å². The number of nitrogens with zero attached hydrogens (tertiary/aromatic N) is 1. The summed E-state index contributed by atoms with van der Waals surface area (Å²) in [5.74, 6) is -0.0102. The minimum atomic E-state index is -0.0102. The number of carbonyl (C=O) groups is 1. The highest BCUT2D eigenvalue weighted by Crippen LogP contribution is 2.23. The summed E-state index contributed by atoms with van der Waals surface area (Å²) in [6.07, 6.45) is 7.43. The number of carbonyl (C=O) groups excluding carboxylic acids is 1. The van der Waals surface area contributed by atoms with Crippen molar-refractivity contribution < 1.29 is 4.79 Å². The van der Waals surface area contributed by atoms with Crippen LogP contribution in [0.2, 0.25) is 0 Å². The van der Waals surface area contributed by atoms with Gasteiger partial charge in [-0.3, -0.25) is 4.79 Å². The Labute approximate surface area is 180 Å². The highest BCUT2D eigenvalue weighted by atomic mass is 16.2. The van der Waals surface area contributed by atoms with Crippen LogP contribution >= 0.6 is 0 Å². The number of aromatic amines is 2. The second-order valence-electron chi connectivity index (χ2n) is 7.65. The maximum absolute atomic E-state index is 13.3. The molecule has 0 aliphatic carbocycles. The SMILES string of the molecule is O=C(/C=C/c1ccccc1)N(Cc1cccc2[nH]ccc12)Cc1cccc2[nH]ccc12. The lowest BCUT2D eigenvalue weighted by Crippen LogP contribution is -2.28. The maximum Gasteiger partial charge on any atom is 0.247 e. The predicted octanol–water partition coefficient (Wildman–Crippen LogP) is 5.89. The smallest absolute Gasteiger partial charge is 0.247 e. The fourth-order valence-electron chi connectivity index (χ4n) is 4.04. The average Bonchev–Trinajstić information content (AvgIpc) is 3.48. The predicted molar refractivity (Wildman–Crippen MR) is 126 cm³/mol. The van der Waals surface area contributed by atoms with Crippen LogP contribution in [-0.2, 0) is 17.9 Å². The molecule has 5 rings (SSSR count). The molecule has 31 heavy (non-hydrogen) atoms. The van der Waals surface area contributed by atoms with E-state index in [0.29, 0.717) is 13.1 Å². The number of fused-ring (bicyclic) bond motifs is 2. The minimum Gasteiger partial charge on any atom is -0.361 e. The standard InChI is InChI=1S/C27H23N3O/c31-27(13-12-20-6-2-1-3-7-20)30(18-21-8-4-10-25-23(21)14-16-28-25)19-22-9-5-11-26-24(22)15-17-29-26/h1-17,28-29H,18-19H2/b13-12+. The Balaban J connectivity index is 1.48. The number of H-pyrrole nitrogens is 2. The molecule has 0 saturated carbocycles. The van der Waals surface area contributed by atoms with E-state index in [1.165, 1.54) is 0 Å².